The molecule has 2 saturated heterocycles. The highest BCUT2D eigenvalue weighted by molar-refractivity contribution is 5.86. The molecule has 2 aliphatic rings. The zero-order valence-electron chi connectivity index (χ0n) is 20.3. The van der Waals surface area contributed by atoms with Gasteiger partial charge in [-0.3, -0.25) is 4.79 Å². The summed E-state index contributed by atoms with van der Waals surface area (Å²) >= 11 is 0. The number of ether oxygens (including phenoxy) is 3. The third kappa shape index (κ3) is 5.00. The lowest BCUT2D eigenvalue weighted by atomic mass is 9.89. The minimum atomic E-state index is -1.78. The van der Waals surface area contributed by atoms with E-state index in [2.05, 4.69) is 0 Å². The van der Waals surface area contributed by atoms with E-state index in [1.54, 1.807) is 0 Å². The predicted octanol–water partition coefficient (Wildman–Crippen LogP) is -1.15. The van der Waals surface area contributed by atoms with Gasteiger partial charge in [0.2, 0.25) is 5.43 Å². The molecule has 13 heteroatoms. The molecule has 0 spiro atoms. The zero-order valence-corrected chi connectivity index (χ0v) is 20.3. The van der Waals surface area contributed by atoms with Crippen molar-refractivity contribution in [2.45, 2.75) is 55.1 Å². The van der Waals surface area contributed by atoms with Crippen LogP contribution in [0.3, 0.4) is 0 Å². The van der Waals surface area contributed by atoms with Gasteiger partial charge in [0.15, 0.2) is 6.29 Å². The number of rotatable bonds is 5. The fourth-order valence-corrected chi connectivity index (χ4v) is 4.77. The monoisotopic (exact) mass is 548 g/mol. The second-order valence-corrected chi connectivity index (χ2v) is 9.55. The average Bonchev–Trinajstić information content (AvgIpc) is 2.92. The molecule has 0 aliphatic carbocycles. The molecule has 9 atom stereocenters. The van der Waals surface area contributed by atoms with Gasteiger partial charge in [-0.1, -0.05) is 12.1 Å². The van der Waals surface area contributed by atoms with Crippen molar-refractivity contribution in [2.24, 2.45) is 0 Å². The van der Waals surface area contributed by atoms with Crippen LogP contribution in [0.4, 0.5) is 0 Å². The lowest BCUT2D eigenvalue weighted by Crippen LogP contribution is -2.57. The summed E-state index contributed by atoms with van der Waals surface area (Å²) < 4.78 is 22.1. The molecule has 0 bridgehead atoms. The predicted molar refractivity (Wildman–Crippen MR) is 131 cm³/mol. The van der Waals surface area contributed by atoms with Crippen LogP contribution >= 0.6 is 0 Å². The van der Waals surface area contributed by atoms with Gasteiger partial charge in [0.1, 0.15) is 72.2 Å². The van der Waals surface area contributed by atoms with Crippen LogP contribution < -0.4 is 5.43 Å². The Hall–Kier alpha value is -3.11. The fraction of sp³-hybridized carbons (Fsp3) is 0.423. The number of phenolic OH excluding ortho intramolecular Hbond substituents is 2. The van der Waals surface area contributed by atoms with Crippen molar-refractivity contribution in [3.8, 4) is 22.6 Å². The highest BCUT2D eigenvalue weighted by atomic mass is 16.7. The number of benzene rings is 2. The minimum absolute atomic E-state index is 0.0113. The summed E-state index contributed by atoms with van der Waals surface area (Å²) in [6.45, 7) is -0.817. The Kier molecular flexibility index (Phi) is 7.61. The first kappa shape index (κ1) is 27.5. The van der Waals surface area contributed by atoms with E-state index in [0.29, 0.717) is 5.56 Å². The summed E-state index contributed by atoms with van der Waals surface area (Å²) in [5.41, 5.74) is -0.120. The maximum absolute atomic E-state index is 13.3. The number of phenols is 2. The van der Waals surface area contributed by atoms with Crippen LogP contribution in [0.15, 0.2) is 51.9 Å². The summed E-state index contributed by atoms with van der Waals surface area (Å²) in [4.78, 5) is 13.3. The molecule has 2 aromatic carbocycles. The Morgan fingerprint density at radius 2 is 1.56 bits per heavy atom. The van der Waals surface area contributed by atoms with Gasteiger partial charge in [0, 0.05) is 0 Å². The van der Waals surface area contributed by atoms with Crippen molar-refractivity contribution in [1.29, 1.82) is 0 Å². The summed E-state index contributed by atoms with van der Waals surface area (Å²) in [5.74, 6) is -0.407. The van der Waals surface area contributed by atoms with Crippen LogP contribution in [0.2, 0.25) is 0 Å². The summed E-state index contributed by atoms with van der Waals surface area (Å²) in [7, 11) is 0. The van der Waals surface area contributed by atoms with E-state index in [0.717, 1.165) is 6.26 Å². The van der Waals surface area contributed by atoms with E-state index >= 15 is 0 Å². The van der Waals surface area contributed by atoms with Gasteiger partial charge in [-0.15, -0.1) is 0 Å². The van der Waals surface area contributed by atoms with Crippen molar-refractivity contribution < 1.29 is 59.5 Å². The summed E-state index contributed by atoms with van der Waals surface area (Å²) in [6.07, 6.45) is -12.7. The molecule has 3 heterocycles. The van der Waals surface area contributed by atoms with Crippen LogP contribution in [0.1, 0.15) is 11.7 Å². The molecule has 5 rings (SSSR count). The number of fused-ring (bicyclic) bond motifs is 1. The van der Waals surface area contributed by atoms with Crippen LogP contribution in [0, 0.1) is 0 Å². The fourth-order valence-electron chi connectivity index (χ4n) is 4.77. The van der Waals surface area contributed by atoms with E-state index < -0.39 is 72.9 Å². The second-order valence-electron chi connectivity index (χ2n) is 9.55. The van der Waals surface area contributed by atoms with Crippen LogP contribution in [-0.2, 0) is 14.2 Å². The molecule has 0 saturated carbocycles. The van der Waals surface area contributed by atoms with Crippen molar-refractivity contribution >= 4 is 11.0 Å². The van der Waals surface area contributed by atoms with Gasteiger partial charge in [-0.2, -0.15) is 0 Å². The van der Waals surface area contributed by atoms with Gasteiger partial charge >= 0.3 is 0 Å². The number of hydrogen-bond acceptors (Lipinski definition) is 13. The van der Waals surface area contributed by atoms with Crippen molar-refractivity contribution in [2.75, 3.05) is 13.2 Å². The van der Waals surface area contributed by atoms with E-state index in [-0.39, 0.29) is 34.5 Å². The SMILES string of the molecule is O=c1c(-c2ccc(O)cc2)coc2c([C@@H]3O[C@@H](CO[C@@H]4OC[C@@H](O)[C@H](O)[C@H]4O)[C@@H](O)[C@H](O)[C@H]3O)c(O)ccc12. The lowest BCUT2D eigenvalue weighted by molar-refractivity contribution is -0.291. The molecule has 210 valence electrons. The topological polar surface area (TPSA) is 220 Å². The zero-order chi connectivity index (χ0) is 28.0. The first-order valence-corrected chi connectivity index (χ1v) is 12.1. The normalized spacial score (nSPS) is 33.3. The van der Waals surface area contributed by atoms with E-state index in [4.69, 9.17) is 18.6 Å². The number of hydrogen-bond donors (Lipinski definition) is 8. The largest absolute Gasteiger partial charge is 0.508 e. The first-order valence-electron chi connectivity index (χ1n) is 12.1. The Morgan fingerprint density at radius 1 is 0.846 bits per heavy atom. The van der Waals surface area contributed by atoms with Crippen LogP contribution in [-0.4, -0.2) is 103 Å². The highest BCUT2D eigenvalue weighted by Crippen LogP contribution is 2.41. The van der Waals surface area contributed by atoms with Crippen molar-refractivity contribution in [3.05, 3.63) is 58.4 Å². The Balaban J connectivity index is 1.45. The molecular weight excluding hydrogens is 520 g/mol. The molecule has 2 aliphatic heterocycles. The number of aromatic hydroxyl groups is 2. The molecule has 8 N–H and O–H groups in total. The Bertz CT molecular complexity index is 1370. The van der Waals surface area contributed by atoms with E-state index in [1.165, 1.54) is 36.4 Å². The Labute approximate surface area is 220 Å². The molecule has 3 aromatic rings. The van der Waals surface area contributed by atoms with Crippen molar-refractivity contribution in [3.63, 3.8) is 0 Å². The van der Waals surface area contributed by atoms with Crippen LogP contribution in [0.25, 0.3) is 22.1 Å². The maximum atomic E-state index is 13.3. The Morgan fingerprint density at radius 3 is 2.28 bits per heavy atom. The lowest BCUT2D eigenvalue weighted by Gasteiger charge is -2.42. The molecule has 0 amide bonds. The molecule has 0 radical (unpaired) electrons. The molecule has 13 nitrogen and oxygen atoms in total. The molecule has 2 fully saturated rings. The van der Waals surface area contributed by atoms with Gasteiger partial charge in [0.05, 0.1) is 29.7 Å². The smallest absolute Gasteiger partial charge is 0.200 e. The molecule has 0 unspecified atom stereocenters. The number of aliphatic hydroxyl groups excluding tert-OH is 6. The molecule has 39 heavy (non-hydrogen) atoms. The minimum Gasteiger partial charge on any atom is -0.508 e. The number of aliphatic hydroxyl groups is 6. The highest BCUT2D eigenvalue weighted by Gasteiger charge is 2.47. The van der Waals surface area contributed by atoms with Gasteiger partial charge < -0.3 is 59.5 Å². The van der Waals surface area contributed by atoms with E-state index in [9.17, 15) is 45.6 Å². The van der Waals surface area contributed by atoms with Crippen molar-refractivity contribution in [1.82, 2.24) is 0 Å². The van der Waals surface area contributed by atoms with Crippen LogP contribution in [0.5, 0.6) is 11.5 Å². The average molecular weight is 548 g/mol. The summed E-state index contributed by atoms with van der Waals surface area (Å²) in [6, 6.07) is 8.39. The van der Waals surface area contributed by atoms with Gasteiger partial charge in [-0.25, -0.2) is 0 Å². The van der Waals surface area contributed by atoms with E-state index in [1.807, 2.05) is 0 Å². The molecular formula is C26H28O13. The second kappa shape index (κ2) is 10.8. The third-order valence-electron chi connectivity index (χ3n) is 7.01. The van der Waals surface area contributed by atoms with Gasteiger partial charge in [-0.05, 0) is 29.8 Å². The standard InChI is InChI=1S/C26H28O13/c27-11-3-1-10(2-4-11)13-7-36-24-12(18(13)30)5-6-14(28)17(24)25-22(34)21(33)20(32)16(39-25)9-38-26-23(35)19(31)15(29)8-37-26/h1-7,15-16,19-23,25-29,31-35H,8-9H2/t15-,16+,19+,20-,21+,22-,23-,25+,26+/m1/s1. The third-order valence-corrected chi connectivity index (χ3v) is 7.01. The summed E-state index contributed by atoms with van der Waals surface area (Å²) in [5, 5.41) is 81.6. The maximum Gasteiger partial charge on any atom is 0.200 e. The molecule has 1 aromatic heterocycles. The first-order chi connectivity index (χ1) is 18.6. The van der Waals surface area contributed by atoms with Gasteiger partial charge in [0.25, 0.3) is 0 Å². The quantitative estimate of drug-likeness (QED) is 0.189.